The van der Waals surface area contributed by atoms with Crippen molar-refractivity contribution in [2.75, 3.05) is 12.4 Å². The van der Waals surface area contributed by atoms with Gasteiger partial charge in [-0.2, -0.15) is 4.52 Å². The van der Waals surface area contributed by atoms with Crippen molar-refractivity contribution in [3.8, 4) is 5.75 Å². The van der Waals surface area contributed by atoms with Crippen LogP contribution in [-0.2, 0) is 9.84 Å². The van der Waals surface area contributed by atoms with Gasteiger partial charge in [0.05, 0.1) is 22.5 Å². The molecule has 2 aromatic heterocycles. The number of fused-ring (bicyclic) bond motifs is 3. The molecule has 0 aliphatic carbocycles. The summed E-state index contributed by atoms with van der Waals surface area (Å²) in [4.78, 5) is 4.78. The van der Waals surface area contributed by atoms with E-state index < -0.39 is 9.84 Å². The van der Waals surface area contributed by atoms with Crippen molar-refractivity contribution in [3.63, 3.8) is 0 Å². The van der Waals surface area contributed by atoms with Gasteiger partial charge < -0.3 is 10.1 Å². The lowest BCUT2D eigenvalue weighted by atomic mass is 10.1. The van der Waals surface area contributed by atoms with Gasteiger partial charge in [-0.05, 0) is 67.4 Å². The second-order valence-electron chi connectivity index (χ2n) is 7.83. The van der Waals surface area contributed by atoms with Crippen molar-refractivity contribution in [3.05, 3.63) is 76.8 Å². The molecule has 0 aliphatic rings. The number of methoxy groups -OCH3 is 1. The van der Waals surface area contributed by atoms with Crippen molar-refractivity contribution in [1.82, 2.24) is 19.8 Å². The Morgan fingerprint density at radius 3 is 2.53 bits per heavy atom. The summed E-state index contributed by atoms with van der Waals surface area (Å²) < 4.78 is 33.6. The number of aromatic nitrogens is 4. The Labute approximate surface area is 201 Å². The molecule has 8 nitrogen and oxygen atoms in total. The summed E-state index contributed by atoms with van der Waals surface area (Å²) >= 11 is 6.28. The lowest BCUT2D eigenvalue weighted by molar-refractivity contribution is 0.415. The van der Waals surface area contributed by atoms with Crippen LogP contribution in [0.25, 0.3) is 16.6 Å². The summed E-state index contributed by atoms with van der Waals surface area (Å²) in [5.74, 6) is 0.991. The van der Waals surface area contributed by atoms with Crippen molar-refractivity contribution in [2.24, 2.45) is 0 Å². The summed E-state index contributed by atoms with van der Waals surface area (Å²) in [6, 6.07) is 17.6. The molecule has 2 heterocycles. The first-order valence-electron chi connectivity index (χ1n) is 10.4. The van der Waals surface area contributed by atoms with Crippen LogP contribution in [0.2, 0.25) is 5.02 Å². The summed E-state index contributed by atoms with van der Waals surface area (Å²) in [5.41, 5.74) is 3.32. The molecule has 0 atom stereocenters. The first kappa shape index (κ1) is 22.1. The molecule has 5 rings (SSSR count). The van der Waals surface area contributed by atoms with Gasteiger partial charge in [0.15, 0.2) is 5.65 Å². The predicted octanol–water partition coefficient (Wildman–Crippen LogP) is 5.13. The van der Waals surface area contributed by atoms with Gasteiger partial charge in [-0.3, -0.25) is 0 Å². The van der Waals surface area contributed by atoms with Gasteiger partial charge in [-0.1, -0.05) is 35.0 Å². The van der Waals surface area contributed by atoms with Gasteiger partial charge in [0, 0.05) is 11.1 Å². The molecule has 3 aromatic carbocycles. The molecule has 0 amide bonds. The minimum Gasteiger partial charge on any atom is -0.495 e. The summed E-state index contributed by atoms with van der Waals surface area (Å²) in [6.07, 6.45) is 0. The van der Waals surface area contributed by atoms with Crippen molar-refractivity contribution in [1.29, 1.82) is 0 Å². The summed E-state index contributed by atoms with van der Waals surface area (Å²) in [5, 5.41) is 12.4. The number of nitrogens with zero attached hydrogens (tertiary/aromatic N) is 4. The van der Waals surface area contributed by atoms with Gasteiger partial charge in [0.1, 0.15) is 11.6 Å². The lowest BCUT2D eigenvalue weighted by Gasteiger charge is -2.12. The maximum Gasteiger partial charge on any atom is 0.229 e. The summed E-state index contributed by atoms with van der Waals surface area (Å²) in [7, 11) is -2.41. The third-order valence-electron chi connectivity index (χ3n) is 5.68. The molecule has 5 aromatic rings. The summed E-state index contributed by atoms with van der Waals surface area (Å²) in [6.45, 7) is 3.79. The van der Waals surface area contributed by atoms with Gasteiger partial charge >= 0.3 is 0 Å². The standard InChI is InChI=1S/C24H20ClN5O3S/c1-14-8-10-17(12-15(14)2)34(31,32)24-23-27-22(26-16-9-11-21(33-3)19(25)13-16)18-6-4-5-7-20(18)30(23)29-28-24/h4-13H,1-3H3,(H,26,27). The Hall–Kier alpha value is -3.69. The van der Waals surface area contributed by atoms with E-state index in [0.29, 0.717) is 27.8 Å². The maximum atomic E-state index is 13.5. The van der Waals surface area contributed by atoms with E-state index in [1.54, 1.807) is 43.5 Å². The average Bonchev–Trinajstić information content (AvgIpc) is 3.26. The SMILES string of the molecule is COc1ccc(Nc2nc3c(S(=O)(=O)c4ccc(C)c(C)c4)nnn3c3ccccc23)cc1Cl. The molecule has 0 saturated heterocycles. The predicted molar refractivity (Wildman–Crippen MR) is 131 cm³/mol. The monoisotopic (exact) mass is 493 g/mol. The second kappa shape index (κ2) is 8.27. The van der Waals surface area contributed by atoms with E-state index in [2.05, 4.69) is 20.6 Å². The van der Waals surface area contributed by atoms with Crippen LogP contribution in [0.15, 0.2) is 70.6 Å². The third kappa shape index (κ3) is 3.63. The fraction of sp³-hybridized carbons (Fsp3) is 0.125. The number of aryl methyl sites for hydroxylation is 2. The molecule has 0 saturated carbocycles. The van der Waals surface area contributed by atoms with Crippen molar-refractivity contribution >= 4 is 49.5 Å². The van der Waals surface area contributed by atoms with Crippen LogP contribution in [0.1, 0.15) is 11.1 Å². The van der Waals surface area contributed by atoms with E-state index in [1.807, 2.05) is 38.1 Å². The molecular weight excluding hydrogens is 474 g/mol. The first-order chi connectivity index (χ1) is 16.3. The number of rotatable bonds is 5. The average molecular weight is 494 g/mol. The Kier molecular flexibility index (Phi) is 5.38. The Morgan fingerprint density at radius 1 is 1.00 bits per heavy atom. The van der Waals surface area contributed by atoms with Crippen LogP contribution in [0.5, 0.6) is 5.75 Å². The molecule has 172 valence electrons. The van der Waals surface area contributed by atoms with Gasteiger partial charge in [0.25, 0.3) is 0 Å². The van der Waals surface area contributed by atoms with E-state index in [-0.39, 0.29) is 15.6 Å². The molecule has 1 N–H and O–H groups in total. The number of hydrogen-bond acceptors (Lipinski definition) is 7. The molecule has 0 radical (unpaired) electrons. The lowest BCUT2D eigenvalue weighted by Crippen LogP contribution is -2.06. The zero-order valence-corrected chi connectivity index (χ0v) is 20.1. The van der Waals surface area contributed by atoms with Crippen LogP contribution >= 0.6 is 11.6 Å². The molecular formula is C24H20ClN5O3S. The third-order valence-corrected chi connectivity index (χ3v) is 7.62. The quantitative estimate of drug-likeness (QED) is 0.362. The minimum atomic E-state index is -3.96. The number of halogens is 1. The zero-order valence-electron chi connectivity index (χ0n) is 18.6. The number of anilines is 2. The first-order valence-corrected chi connectivity index (χ1v) is 12.2. The topological polar surface area (TPSA) is 98.5 Å². The van der Waals surface area contributed by atoms with E-state index in [1.165, 1.54) is 4.52 Å². The molecule has 0 aliphatic heterocycles. The molecule has 10 heteroatoms. The maximum absolute atomic E-state index is 13.5. The van der Waals surface area contributed by atoms with Gasteiger partial charge in [0.2, 0.25) is 14.9 Å². The van der Waals surface area contributed by atoms with Gasteiger partial charge in [-0.25, -0.2) is 13.4 Å². The van der Waals surface area contributed by atoms with Crippen LogP contribution in [0.4, 0.5) is 11.5 Å². The fourth-order valence-corrected chi connectivity index (χ4v) is 5.26. The fourth-order valence-electron chi connectivity index (χ4n) is 3.69. The minimum absolute atomic E-state index is 0.124. The van der Waals surface area contributed by atoms with Crippen LogP contribution in [-0.4, -0.2) is 35.3 Å². The smallest absolute Gasteiger partial charge is 0.229 e. The van der Waals surface area contributed by atoms with Crippen LogP contribution in [0.3, 0.4) is 0 Å². The molecule has 34 heavy (non-hydrogen) atoms. The van der Waals surface area contributed by atoms with Gasteiger partial charge in [-0.15, -0.1) is 5.10 Å². The van der Waals surface area contributed by atoms with E-state index in [9.17, 15) is 8.42 Å². The Bertz CT molecular complexity index is 1680. The number of sulfone groups is 1. The highest BCUT2D eigenvalue weighted by Crippen LogP contribution is 2.32. The zero-order chi connectivity index (χ0) is 24.0. The molecule has 0 spiro atoms. The molecule has 0 bridgehead atoms. The van der Waals surface area contributed by atoms with Crippen LogP contribution in [0, 0.1) is 13.8 Å². The van der Waals surface area contributed by atoms with E-state index in [0.717, 1.165) is 16.5 Å². The Balaban J connectivity index is 1.70. The van der Waals surface area contributed by atoms with Crippen molar-refractivity contribution < 1.29 is 13.2 Å². The number of hydrogen-bond donors (Lipinski definition) is 1. The van der Waals surface area contributed by atoms with Crippen molar-refractivity contribution in [2.45, 2.75) is 23.8 Å². The number of para-hydroxylation sites is 1. The normalized spacial score (nSPS) is 11.8. The number of benzene rings is 3. The second-order valence-corrected chi connectivity index (χ2v) is 10.1. The van der Waals surface area contributed by atoms with E-state index in [4.69, 9.17) is 16.3 Å². The molecule has 0 fully saturated rings. The molecule has 0 unspecified atom stereocenters. The number of ether oxygens (including phenoxy) is 1. The van der Waals surface area contributed by atoms with E-state index >= 15 is 0 Å². The highest BCUT2D eigenvalue weighted by atomic mass is 35.5. The largest absolute Gasteiger partial charge is 0.495 e. The highest BCUT2D eigenvalue weighted by Gasteiger charge is 2.27. The highest BCUT2D eigenvalue weighted by molar-refractivity contribution is 7.91. The number of nitrogens with one attached hydrogen (secondary N) is 1. The Morgan fingerprint density at radius 2 is 1.79 bits per heavy atom. The van der Waals surface area contributed by atoms with Crippen LogP contribution < -0.4 is 10.1 Å².